The van der Waals surface area contributed by atoms with Crippen LogP contribution in [0.25, 0.3) is 9.75 Å². The number of thiophene rings is 2. The van der Waals surface area contributed by atoms with Gasteiger partial charge in [-0.05, 0) is 36.7 Å². The van der Waals surface area contributed by atoms with Gasteiger partial charge in [0.25, 0.3) is 0 Å². The highest BCUT2D eigenvalue weighted by Gasteiger charge is 2.51. The quantitative estimate of drug-likeness (QED) is 0.757. The Morgan fingerprint density at radius 2 is 1.25 bits per heavy atom. The molecule has 0 spiro atoms. The van der Waals surface area contributed by atoms with Crippen molar-refractivity contribution in [1.82, 2.24) is 0 Å². The van der Waals surface area contributed by atoms with Gasteiger partial charge in [-0.1, -0.05) is 0 Å². The standard InChI is InChI=1S/C12H12O2S2/c1-11(13)7-3-5-15-9(7)10-8(4-6-16-10)12(11,2)14/h3-6,13-14H,1-2H3. The van der Waals surface area contributed by atoms with Crippen molar-refractivity contribution >= 4 is 22.7 Å². The second-order valence-corrected chi connectivity index (χ2v) is 6.30. The summed E-state index contributed by atoms with van der Waals surface area (Å²) >= 11 is 3.23. The summed E-state index contributed by atoms with van der Waals surface area (Å²) in [5.41, 5.74) is -0.790. The van der Waals surface area contributed by atoms with Crippen LogP contribution in [0.4, 0.5) is 0 Å². The first-order valence-corrected chi connectivity index (χ1v) is 6.83. The fourth-order valence-electron chi connectivity index (χ4n) is 2.26. The third kappa shape index (κ3) is 1.03. The first-order valence-electron chi connectivity index (χ1n) is 5.07. The van der Waals surface area contributed by atoms with Crippen molar-refractivity contribution in [2.45, 2.75) is 25.0 Å². The number of aliphatic hydroxyl groups is 2. The summed E-state index contributed by atoms with van der Waals surface area (Å²) in [7, 11) is 0. The Bertz CT molecular complexity index is 499. The van der Waals surface area contributed by atoms with E-state index in [2.05, 4.69) is 0 Å². The molecule has 0 saturated heterocycles. The van der Waals surface area contributed by atoms with Gasteiger partial charge in [-0.2, -0.15) is 0 Å². The van der Waals surface area contributed by atoms with E-state index in [0.717, 1.165) is 20.9 Å². The monoisotopic (exact) mass is 252 g/mol. The molecular weight excluding hydrogens is 240 g/mol. The van der Waals surface area contributed by atoms with E-state index in [1.807, 2.05) is 22.9 Å². The van der Waals surface area contributed by atoms with Crippen molar-refractivity contribution in [1.29, 1.82) is 0 Å². The van der Waals surface area contributed by atoms with Gasteiger partial charge in [-0.3, -0.25) is 0 Å². The van der Waals surface area contributed by atoms with Crippen LogP contribution in [0.15, 0.2) is 22.9 Å². The largest absolute Gasteiger partial charge is 0.382 e. The third-order valence-electron chi connectivity index (χ3n) is 3.53. The van der Waals surface area contributed by atoms with Crippen LogP contribution in [-0.4, -0.2) is 10.2 Å². The first kappa shape index (κ1) is 10.5. The lowest BCUT2D eigenvalue weighted by Gasteiger charge is -2.42. The number of fused-ring (bicyclic) bond motifs is 3. The van der Waals surface area contributed by atoms with E-state index in [1.165, 1.54) is 0 Å². The van der Waals surface area contributed by atoms with Crippen LogP contribution in [0.1, 0.15) is 25.0 Å². The maximum Gasteiger partial charge on any atom is 0.121 e. The van der Waals surface area contributed by atoms with Crippen LogP contribution in [0, 0.1) is 0 Å². The van der Waals surface area contributed by atoms with E-state index in [0.29, 0.717) is 0 Å². The molecule has 2 aromatic rings. The van der Waals surface area contributed by atoms with Gasteiger partial charge in [0.15, 0.2) is 0 Å². The van der Waals surface area contributed by atoms with Crippen LogP contribution in [-0.2, 0) is 11.2 Å². The molecule has 2 heterocycles. The molecule has 0 aliphatic heterocycles. The van der Waals surface area contributed by atoms with E-state index in [1.54, 1.807) is 36.5 Å². The minimum Gasteiger partial charge on any atom is -0.382 e. The number of hydrogen-bond donors (Lipinski definition) is 2. The second-order valence-electron chi connectivity index (χ2n) is 4.47. The molecule has 0 radical (unpaired) electrons. The average Bonchev–Trinajstić information content (AvgIpc) is 2.84. The van der Waals surface area contributed by atoms with Crippen LogP contribution in [0.2, 0.25) is 0 Å². The van der Waals surface area contributed by atoms with Gasteiger partial charge in [0.05, 0.1) is 9.75 Å². The van der Waals surface area contributed by atoms with Gasteiger partial charge >= 0.3 is 0 Å². The molecular formula is C12H12O2S2. The molecule has 0 fully saturated rings. The molecule has 3 rings (SSSR count). The molecule has 84 valence electrons. The highest BCUT2D eigenvalue weighted by Crippen LogP contribution is 2.54. The molecule has 2 N–H and O–H groups in total. The Kier molecular flexibility index (Phi) is 1.93. The summed E-state index contributed by atoms with van der Waals surface area (Å²) in [6, 6.07) is 3.80. The maximum atomic E-state index is 10.6. The summed E-state index contributed by atoms with van der Waals surface area (Å²) in [6.07, 6.45) is 0. The molecule has 2 atom stereocenters. The fourth-order valence-corrected chi connectivity index (χ4v) is 4.45. The van der Waals surface area contributed by atoms with Crippen molar-refractivity contribution in [3.05, 3.63) is 34.0 Å². The molecule has 0 amide bonds. The molecule has 0 saturated carbocycles. The summed E-state index contributed by atoms with van der Waals surface area (Å²) in [5.74, 6) is 0. The SMILES string of the molecule is CC1(O)c2ccsc2-c2sccc2C1(C)O. The topological polar surface area (TPSA) is 40.5 Å². The Morgan fingerprint density at radius 1 is 0.875 bits per heavy atom. The molecule has 2 nitrogen and oxygen atoms in total. The highest BCUT2D eigenvalue weighted by molar-refractivity contribution is 7.20. The van der Waals surface area contributed by atoms with E-state index in [-0.39, 0.29) is 0 Å². The molecule has 4 heteroatoms. The molecule has 1 aliphatic rings. The van der Waals surface area contributed by atoms with Crippen molar-refractivity contribution < 1.29 is 10.2 Å². The molecule has 0 aromatic carbocycles. The van der Waals surface area contributed by atoms with Gasteiger partial charge < -0.3 is 10.2 Å². The van der Waals surface area contributed by atoms with E-state index >= 15 is 0 Å². The van der Waals surface area contributed by atoms with Gasteiger partial charge in [-0.25, -0.2) is 0 Å². The van der Waals surface area contributed by atoms with Gasteiger partial charge in [-0.15, -0.1) is 22.7 Å². The lowest BCUT2D eigenvalue weighted by Crippen LogP contribution is -2.46. The van der Waals surface area contributed by atoms with Crippen LogP contribution >= 0.6 is 22.7 Å². The Morgan fingerprint density at radius 3 is 1.62 bits per heavy atom. The van der Waals surface area contributed by atoms with Crippen molar-refractivity contribution in [2.24, 2.45) is 0 Å². The summed E-state index contributed by atoms with van der Waals surface area (Å²) < 4.78 is 0. The summed E-state index contributed by atoms with van der Waals surface area (Å²) in [4.78, 5) is 2.17. The number of hydrogen-bond acceptors (Lipinski definition) is 4. The van der Waals surface area contributed by atoms with Gasteiger partial charge in [0.1, 0.15) is 11.2 Å². The normalized spacial score (nSPS) is 32.2. The Labute approximate surface area is 102 Å². The van der Waals surface area contributed by atoms with Crippen molar-refractivity contribution in [3.8, 4) is 9.75 Å². The lowest BCUT2D eigenvalue weighted by atomic mass is 9.72. The second kappa shape index (κ2) is 2.96. The molecule has 1 aliphatic carbocycles. The maximum absolute atomic E-state index is 10.6. The van der Waals surface area contributed by atoms with E-state index in [9.17, 15) is 10.2 Å². The third-order valence-corrected chi connectivity index (χ3v) is 5.53. The first-order chi connectivity index (χ1) is 7.46. The minimum atomic E-state index is -1.23. The van der Waals surface area contributed by atoms with E-state index in [4.69, 9.17) is 0 Å². The predicted octanol–water partition coefficient (Wildman–Crippen LogP) is 2.91. The van der Waals surface area contributed by atoms with Gasteiger partial charge in [0.2, 0.25) is 0 Å². The van der Waals surface area contributed by atoms with Crippen molar-refractivity contribution in [2.75, 3.05) is 0 Å². The highest BCUT2D eigenvalue weighted by atomic mass is 32.1. The average molecular weight is 252 g/mol. The Hall–Kier alpha value is -0.680. The number of rotatable bonds is 0. The van der Waals surface area contributed by atoms with Crippen LogP contribution in [0.5, 0.6) is 0 Å². The van der Waals surface area contributed by atoms with Gasteiger partial charge in [0, 0.05) is 11.1 Å². The van der Waals surface area contributed by atoms with Crippen LogP contribution in [0.3, 0.4) is 0 Å². The zero-order chi connectivity index (χ0) is 11.6. The van der Waals surface area contributed by atoms with Crippen LogP contribution < -0.4 is 0 Å². The predicted molar refractivity (Wildman–Crippen MR) is 66.8 cm³/mol. The van der Waals surface area contributed by atoms with Crippen molar-refractivity contribution in [3.63, 3.8) is 0 Å². The molecule has 16 heavy (non-hydrogen) atoms. The summed E-state index contributed by atoms with van der Waals surface area (Å²) in [5, 5.41) is 25.1. The zero-order valence-corrected chi connectivity index (χ0v) is 10.7. The lowest BCUT2D eigenvalue weighted by molar-refractivity contribution is -0.143. The fraction of sp³-hybridized carbons (Fsp3) is 0.333. The molecule has 0 bridgehead atoms. The molecule has 2 unspecified atom stereocenters. The Balaban J connectivity index is 2.41. The zero-order valence-electron chi connectivity index (χ0n) is 9.02. The summed E-state index contributed by atoms with van der Waals surface area (Å²) in [6.45, 7) is 3.36. The molecule has 2 aromatic heterocycles. The van der Waals surface area contributed by atoms with E-state index < -0.39 is 11.2 Å². The minimum absolute atomic E-state index is 0.831. The smallest absolute Gasteiger partial charge is 0.121 e.